The van der Waals surface area contributed by atoms with Crippen molar-refractivity contribution >= 4 is 17.1 Å². The van der Waals surface area contributed by atoms with Crippen LogP contribution in [0.15, 0.2) is 30.9 Å². The molecule has 1 N–H and O–H groups in total. The van der Waals surface area contributed by atoms with Crippen molar-refractivity contribution in [1.82, 2.24) is 19.9 Å². The zero-order valence-electron chi connectivity index (χ0n) is 13.3. The number of carbonyl (C=O) groups is 1. The summed E-state index contributed by atoms with van der Waals surface area (Å²) in [6.07, 6.45) is 2.83. The predicted octanol–water partition coefficient (Wildman–Crippen LogP) is 2.18. The maximum absolute atomic E-state index is 12.0. The number of imidazole rings is 1. The Hall–Kier alpha value is -3.16. The molecule has 1 saturated carbocycles. The molecule has 0 amide bonds. The number of aromatic nitrogens is 4. The summed E-state index contributed by atoms with van der Waals surface area (Å²) in [4.78, 5) is 27.2. The standard InChI is InChI=1S/C17H14N4O4/c1-2-23-17(22)12-11-9-5-8(3-4-10(9)25-14(11)12)24-16-13-15(19-6-18-13)20-7-21-16/h3-7,11-12,14H,2H2,1H3,(H,18,19,20,21). The number of hydrogen-bond acceptors (Lipinski definition) is 7. The van der Waals surface area contributed by atoms with Crippen molar-refractivity contribution in [3.8, 4) is 17.4 Å². The Kier molecular flexibility index (Phi) is 2.94. The normalized spacial score (nSPS) is 22.8. The molecule has 2 aromatic heterocycles. The van der Waals surface area contributed by atoms with Crippen molar-refractivity contribution < 1.29 is 19.0 Å². The van der Waals surface area contributed by atoms with E-state index in [-0.39, 0.29) is 23.9 Å². The van der Waals surface area contributed by atoms with Crippen molar-refractivity contribution in [3.63, 3.8) is 0 Å². The first-order chi connectivity index (χ1) is 12.3. The number of fused-ring (bicyclic) bond motifs is 4. The first-order valence-electron chi connectivity index (χ1n) is 8.05. The maximum Gasteiger partial charge on any atom is 0.313 e. The highest BCUT2D eigenvalue weighted by molar-refractivity contribution is 5.81. The number of aromatic amines is 1. The lowest BCUT2D eigenvalue weighted by atomic mass is 10.1. The summed E-state index contributed by atoms with van der Waals surface area (Å²) in [6, 6.07) is 5.56. The van der Waals surface area contributed by atoms with Gasteiger partial charge < -0.3 is 19.2 Å². The van der Waals surface area contributed by atoms with Gasteiger partial charge in [0.1, 0.15) is 35.4 Å². The number of rotatable bonds is 4. The topological polar surface area (TPSA) is 99.2 Å². The molecule has 126 valence electrons. The molecule has 0 spiro atoms. The van der Waals surface area contributed by atoms with Crippen molar-refractivity contribution in [2.45, 2.75) is 18.9 Å². The molecule has 1 aromatic carbocycles. The number of carbonyl (C=O) groups excluding carboxylic acids is 1. The van der Waals surface area contributed by atoms with E-state index in [4.69, 9.17) is 14.2 Å². The van der Waals surface area contributed by atoms with Gasteiger partial charge >= 0.3 is 5.97 Å². The zero-order chi connectivity index (χ0) is 17.0. The Labute approximate surface area is 142 Å². The van der Waals surface area contributed by atoms with Gasteiger partial charge in [0.2, 0.25) is 5.88 Å². The molecule has 0 bridgehead atoms. The largest absolute Gasteiger partial charge is 0.489 e. The number of H-pyrrole nitrogens is 1. The maximum atomic E-state index is 12.0. The van der Waals surface area contributed by atoms with Crippen LogP contribution in [-0.4, -0.2) is 38.6 Å². The van der Waals surface area contributed by atoms with Crippen LogP contribution in [0.3, 0.4) is 0 Å². The van der Waals surface area contributed by atoms with Gasteiger partial charge in [0.05, 0.1) is 12.9 Å². The van der Waals surface area contributed by atoms with E-state index in [1.807, 2.05) is 18.2 Å². The van der Waals surface area contributed by atoms with E-state index in [2.05, 4.69) is 19.9 Å². The molecular weight excluding hydrogens is 324 g/mol. The van der Waals surface area contributed by atoms with E-state index in [9.17, 15) is 4.79 Å². The third kappa shape index (κ3) is 2.14. The van der Waals surface area contributed by atoms with Gasteiger partial charge in [0.25, 0.3) is 0 Å². The van der Waals surface area contributed by atoms with E-state index >= 15 is 0 Å². The molecule has 3 aromatic rings. The summed E-state index contributed by atoms with van der Waals surface area (Å²) in [5, 5.41) is 0. The Morgan fingerprint density at radius 3 is 3.12 bits per heavy atom. The Morgan fingerprint density at radius 2 is 2.24 bits per heavy atom. The fourth-order valence-electron chi connectivity index (χ4n) is 3.36. The molecule has 3 heterocycles. The van der Waals surface area contributed by atoms with E-state index < -0.39 is 0 Å². The van der Waals surface area contributed by atoms with Crippen LogP contribution in [0.1, 0.15) is 18.4 Å². The van der Waals surface area contributed by atoms with Gasteiger partial charge in [0.15, 0.2) is 5.65 Å². The third-order valence-corrected chi connectivity index (χ3v) is 4.52. The number of esters is 1. The molecule has 25 heavy (non-hydrogen) atoms. The first-order valence-corrected chi connectivity index (χ1v) is 8.05. The molecular formula is C17H14N4O4. The van der Waals surface area contributed by atoms with Crippen LogP contribution in [0.2, 0.25) is 0 Å². The number of ether oxygens (including phenoxy) is 3. The Bertz CT molecular complexity index is 986. The summed E-state index contributed by atoms with van der Waals surface area (Å²) in [5.41, 5.74) is 2.14. The van der Waals surface area contributed by atoms with E-state index in [1.165, 1.54) is 6.33 Å². The number of benzene rings is 1. The highest BCUT2D eigenvalue weighted by Gasteiger charge is 2.63. The second kappa shape index (κ2) is 5.17. The fourth-order valence-corrected chi connectivity index (χ4v) is 3.36. The summed E-state index contributed by atoms with van der Waals surface area (Å²) in [7, 11) is 0. The molecule has 0 saturated heterocycles. The second-order valence-corrected chi connectivity index (χ2v) is 5.97. The number of nitrogens with one attached hydrogen (secondary N) is 1. The number of hydrogen-bond donors (Lipinski definition) is 1. The Morgan fingerprint density at radius 1 is 1.32 bits per heavy atom. The number of nitrogens with zero attached hydrogens (tertiary/aromatic N) is 3. The van der Waals surface area contributed by atoms with Gasteiger partial charge in [-0.25, -0.2) is 9.97 Å². The molecule has 1 fully saturated rings. The summed E-state index contributed by atoms with van der Waals surface area (Å²) in [5.74, 6) is 1.42. The highest BCUT2D eigenvalue weighted by atomic mass is 16.5. The quantitative estimate of drug-likeness (QED) is 0.728. The smallest absolute Gasteiger partial charge is 0.313 e. The average molecular weight is 338 g/mol. The Balaban J connectivity index is 1.43. The minimum atomic E-state index is -0.221. The van der Waals surface area contributed by atoms with Gasteiger partial charge in [-0.05, 0) is 25.1 Å². The van der Waals surface area contributed by atoms with Crippen LogP contribution in [-0.2, 0) is 9.53 Å². The summed E-state index contributed by atoms with van der Waals surface area (Å²) < 4.78 is 16.8. The lowest BCUT2D eigenvalue weighted by molar-refractivity contribution is -0.145. The van der Waals surface area contributed by atoms with Gasteiger partial charge in [-0.3, -0.25) is 4.79 Å². The van der Waals surface area contributed by atoms with Gasteiger partial charge in [0, 0.05) is 11.5 Å². The van der Waals surface area contributed by atoms with Gasteiger partial charge in [-0.2, -0.15) is 4.98 Å². The average Bonchev–Trinajstić information content (AvgIpc) is 2.95. The molecule has 2 aliphatic rings. The van der Waals surface area contributed by atoms with Crippen LogP contribution in [0.5, 0.6) is 17.4 Å². The summed E-state index contributed by atoms with van der Waals surface area (Å²) in [6.45, 7) is 2.17. The van der Waals surface area contributed by atoms with Crippen LogP contribution in [0.4, 0.5) is 0 Å². The summed E-state index contributed by atoms with van der Waals surface area (Å²) >= 11 is 0. The van der Waals surface area contributed by atoms with Crippen LogP contribution >= 0.6 is 0 Å². The van der Waals surface area contributed by atoms with Gasteiger partial charge in [-0.15, -0.1) is 0 Å². The molecule has 3 unspecified atom stereocenters. The van der Waals surface area contributed by atoms with Crippen molar-refractivity contribution in [3.05, 3.63) is 36.4 Å². The van der Waals surface area contributed by atoms with Crippen LogP contribution in [0.25, 0.3) is 11.2 Å². The van der Waals surface area contributed by atoms with E-state index in [0.717, 1.165) is 11.3 Å². The molecule has 3 atom stereocenters. The van der Waals surface area contributed by atoms with Crippen molar-refractivity contribution in [1.29, 1.82) is 0 Å². The van der Waals surface area contributed by atoms with Crippen molar-refractivity contribution in [2.24, 2.45) is 5.92 Å². The van der Waals surface area contributed by atoms with Crippen LogP contribution in [0, 0.1) is 5.92 Å². The fraction of sp³-hybridized carbons (Fsp3) is 0.294. The molecule has 1 aliphatic heterocycles. The highest BCUT2D eigenvalue weighted by Crippen LogP contribution is 2.59. The molecule has 1 aliphatic carbocycles. The lowest BCUT2D eigenvalue weighted by Crippen LogP contribution is -2.13. The first kappa shape index (κ1) is 14.2. The van der Waals surface area contributed by atoms with Gasteiger partial charge in [-0.1, -0.05) is 0 Å². The monoisotopic (exact) mass is 338 g/mol. The SMILES string of the molecule is CCOC(=O)C1C2Oc3ccc(Oc4ncnc5nc[nH]c45)cc3C21. The van der Waals surface area contributed by atoms with E-state index in [1.54, 1.807) is 13.3 Å². The van der Waals surface area contributed by atoms with Crippen LogP contribution < -0.4 is 9.47 Å². The lowest BCUT2D eigenvalue weighted by Gasteiger charge is -2.10. The minimum Gasteiger partial charge on any atom is -0.489 e. The van der Waals surface area contributed by atoms with E-state index in [0.29, 0.717) is 29.4 Å². The molecule has 8 heteroatoms. The molecule has 8 nitrogen and oxygen atoms in total. The zero-order valence-corrected chi connectivity index (χ0v) is 13.3. The molecule has 5 rings (SSSR count). The second-order valence-electron chi connectivity index (χ2n) is 5.97. The predicted molar refractivity (Wildman–Crippen MR) is 85.5 cm³/mol. The minimum absolute atomic E-state index is 0.0372. The third-order valence-electron chi connectivity index (χ3n) is 4.52. The van der Waals surface area contributed by atoms with Crippen molar-refractivity contribution in [2.75, 3.05) is 6.61 Å². The molecule has 0 radical (unpaired) electrons.